The van der Waals surface area contributed by atoms with Crippen molar-refractivity contribution < 1.29 is 14.0 Å². The molecule has 4 rings (SSSR count). The minimum atomic E-state index is -0.368. The van der Waals surface area contributed by atoms with E-state index in [0.717, 1.165) is 44.1 Å². The Morgan fingerprint density at radius 3 is 2.65 bits per heavy atom. The van der Waals surface area contributed by atoms with E-state index >= 15 is 0 Å². The fraction of sp³-hybridized carbons (Fsp3) is 0.318. The second-order valence-electron chi connectivity index (χ2n) is 7.24. The van der Waals surface area contributed by atoms with Crippen LogP contribution in [0.1, 0.15) is 23.2 Å². The van der Waals surface area contributed by atoms with E-state index in [-0.39, 0.29) is 24.0 Å². The van der Waals surface area contributed by atoms with Gasteiger partial charge in [-0.15, -0.1) is 11.3 Å². The Bertz CT molecular complexity index is 1030. The highest BCUT2D eigenvalue weighted by molar-refractivity contribution is 7.14. The summed E-state index contributed by atoms with van der Waals surface area (Å²) >= 11 is 1.27. The lowest BCUT2D eigenvalue weighted by molar-refractivity contribution is -0.115. The van der Waals surface area contributed by atoms with Crippen molar-refractivity contribution >= 4 is 39.7 Å². The third-order valence-corrected chi connectivity index (χ3v) is 6.00. The molecular weight excluding hydrogens is 414 g/mol. The maximum absolute atomic E-state index is 12.7. The smallest absolute Gasteiger partial charge is 0.293 e. The average Bonchev–Trinajstić information content (AvgIpc) is 3.47. The molecule has 3 aromatic rings. The van der Waals surface area contributed by atoms with Crippen molar-refractivity contribution in [1.82, 2.24) is 9.88 Å². The highest BCUT2D eigenvalue weighted by Gasteiger charge is 2.19. The van der Waals surface area contributed by atoms with Crippen molar-refractivity contribution in [3.05, 3.63) is 59.5 Å². The topological polar surface area (TPSA) is 90.7 Å². The Hall–Kier alpha value is -3.17. The summed E-state index contributed by atoms with van der Waals surface area (Å²) in [5, 5.41) is 7.90. The summed E-state index contributed by atoms with van der Waals surface area (Å²) in [7, 11) is 0. The first kappa shape index (κ1) is 21.1. The molecule has 1 saturated heterocycles. The number of para-hydroxylation sites is 2. The molecule has 0 saturated carbocycles. The molecule has 31 heavy (non-hydrogen) atoms. The molecule has 0 spiro atoms. The number of thiazole rings is 1. The fourth-order valence-electron chi connectivity index (χ4n) is 3.53. The van der Waals surface area contributed by atoms with Crippen LogP contribution in [-0.4, -0.2) is 54.4 Å². The van der Waals surface area contributed by atoms with Crippen LogP contribution in [0.4, 0.5) is 16.5 Å². The van der Waals surface area contributed by atoms with E-state index in [4.69, 9.17) is 4.42 Å². The zero-order chi connectivity index (χ0) is 21.6. The number of anilines is 3. The van der Waals surface area contributed by atoms with E-state index in [1.165, 1.54) is 17.6 Å². The van der Waals surface area contributed by atoms with Gasteiger partial charge in [0.25, 0.3) is 5.91 Å². The van der Waals surface area contributed by atoms with Gasteiger partial charge in [0.1, 0.15) is 0 Å². The zero-order valence-corrected chi connectivity index (χ0v) is 18.2. The number of nitrogens with zero attached hydrogens (tertiary/aromatic N) is 3. The van der Waals surface area contributed by atoms with Crippen molar-refractivity contribution in [3.63, 3.8) is 0 Å². The van der Waals surface area contributed by atoms with Crippen LogP contribution >= 0.6 is 11.3 Å². The minimum absolute atomic E-state index is 0.130. The molecule has 1 fully saturated rings. The number of likely N-dealkylation sites (N-methyl/N-ethyl adjacent to an activating group) is 1. The first-order valence-electron chi connectivity index (χ1n) is 10.3. The second-order valence-corrected chi connectivity index (χ2v) is 8.10. The molecule has 1 aliphatic heterocycles. The Labute approximate surface area is 184 Å². The van der Waals surface area contributed by atoms with Crippen LogP contribution in [0.25, 0.3) is 0 Å². The van der Waals surface area contributed by atoms with E-state index in [0.29, 0.717) is 10.8 Å². The van der Waals surface area contributed by atoms with Crippen molar-refractivity contribution in [3.8, 4) is 0 Å². The number of benzene rings is 1. The minimum Gasteiger partial charge on any atom is -0.459 e. The normalized spacial score (nSPS) is 14.4. The van der Waals surface area contributed by atoms with Crippen molar-refractivity contribution in [2.24, 2.45) is 0 Å². The molecule has 162 valence electrons. The van der Waals surface area contributed by atoms with Crippen LogP contribution in [0.3, 0.4) is 0 Å². The van der Waals surface area contributed by atoms with Crippen molar-refractivity contribution in [2.75, 3.05) is 48.3 Å². The molecule has 0 bridgehead atoms. The summed E-state index contributed by atoms with van der Waals surface area (Å²) in [6.07, 6.45) is 1.57. The third kappa shape index (κ3) is 5.31. The number of aromatic nitrogens is 1. The Balaban J connectivity index is 1.35. The van der Waals surface area contributed by atoms with Gasteiger partial charge < -0.3 is 19.5 Å². The fourth-order valence-corrected chi connectivity index (χ4v) is 4.24. The predicted octanol–water partition coefficient (Wildman–Crippen LogP) is 3.31. The van der Waals surface area contributed by atoms with Gasteiger partial charge in [-0.3, -0.25) is 14.9 Å². The number of carbonyl (C=O) groups is 2. The zero-order valence-electron chi connectivity index (χ0n) is 17.3. The van der Waals surface area contributed by atoms with Crippen molar-refractivity contribution in [2.45, 2.75) is 13.3 Å². The van der Waals surface area contributed by atoms with Crippen molar-refractivity contribution in [1.29, 1.82) is 0 Å². The molecule has 1 aliphatic rings. The predicted molar refractivity (Wildman–Crippen MR) is 122 cm³/mol. The number of rotatable bonds is 7. The summed E-state index contributed by atoms with van der Waals surface area (Å²) in [5.41, 5.74) is 2.45. The van der Waals surface area contributed by atoms with Gasteiger partial charge in [0.2, 0.25) is 5.91 Å². The molecule has 1 aromatic carbocycles. The number of amides is 2. The van der Waals surface area contributed by atoms with Gasteiger partial charge >= 0.3 is 0 Å². The SMILES string of the molecule is CCN1CCN(c2ccccc2NC(=O)Cc2csc(NC(=O)c3ccco3)n2)CC1. The number of nitrogens with one attached hydrogen (secondary N) is 2. The summed E-state index contributed by atoms with van der Waals surface area (Å²) in [6, 6.07) is 11.1. The van der Waals surface area contributed by atoms with Crippen LogP contribution in [-0.2, 0) is 11.2 Å². The summed E-state index contributed by atoms with van der Waals surface area (Å²) in [5.74, 6) is -0.299. The van der Waals surface area contributed by atoms with Gasteiger partial charge in [-0.1, -0.05) is 19.1 Å². The molecule has 0 aliphatic carbocycles. The lowest BCUT2D eigenvalue weighted by atomic mass is 10.2. The van der Waals surface area contributed by atoms with E-state index in [9.17, 15) is 9.59 Å². The second kappa shape index (κ2) is 9.76. The molecule has 0 atom stereocenters. The van der Waals surface area contributed by atoms with E-state index in [1.54, 1.807) is 17.5 Å². The van der Waals surface area contributed by atoms with Gasteiger partial charge in [-0.05, 0) is 30.8 Å². The standard InChI is InChI=1S/C22H25N5O3S/c1-2-26-9-11-27(12-10-26)18-7-4-3-6-17(18)24-20(28)14-16-15-31-22(23-16)25-21(29)19-8-5-13-30-19/h3-8,13,15H,2,9-12,14H2,1H3,(H,24,28)(H,23,25,29). The lowest BCUT2D eigenvalue weighted by Crippen LogP contribution is -2.46. The molecular formula is C22H25N5O3S. The maximum atomic E-state index is 12.7. The van der Waals surface area contributed by atoms with Gasteiger partial charge in [0, 0.05) is 31.6 Å². The Morgan fingerprint density at radius 2 is 1.90 bits per heavy atom. The molecule has 0 radical (unpaired) electrons. The first-order valence-corrected chi connectivity index (χ1v) is 11.2. The van der Waals surface area contributed by atoms with Gasteiger partial charge in [0.05, 0.1) is 29.8 Å². The third-order valence-electron chi connectivity index (χ3n) is 5.20. The molecule has 2 aromatic heterocycles. The number of piperazine rings is 1. The highest BCUT2D eigenvalue weighted by atomic mass is 32.1. The van der Waals surface area contributed by atoms with Crippen LogP contribution in [0.2, 0.25) is 0 Å². The summed E-state index contributed by atoms with van der Waals surface area (Å²) < 4.78 is 5.07. The molecule has 2 N–H and O–H groups in total. The molecule has 0 unspecified atom stereocenters. The van der Waals surface area contributed by atoms with E-state index in [1.807, 2.05) is 24.3 Å². The van der Waals surface area contributed by atoms with Crippen LogP contribution < -0.4 is 15.5 Å². The Kier molecular flexibility index (Phi) is 6.63. The molecule has 2 amide bonds. The molecule has 9 heteroatoms. The van der Waals surface area contributed by atoms with Crippen LogP contribution in [0.5, 0.6) is 0 Å². The highest BCUT2D eigenvalue weighted by Crippen LogP contribution is 2.27. The number of furan rings is 1. The first-order chi connectivity index (χ1) is 15.1. The van der Waals surface area contributed by atoms with Crippen LogP contribution in [0.15, 0.2) is 52.5 Å². The van der Waals surface area contributed by atoms with E-state index in [2.05, 4.69) is 32.3 Å². The lowest BCUT2D eigenvalue weighted by Gasteiger charge is -2.36. The van der Waals surface area contributed by atoms with E-state index < -0.39 is 0 Å². The van der Waals surface area contributed by atoms with Gasteiger partial charge in [-0.2, -0.15) is 0 Å². The van der Waals surface area contributed by atoms with Gasteiger partial charge in [0.15, 0.2) is 10.9 Å². The average molecular weight is 440 g/mol. The Morgan fingerprint density at radius 1 is 1.10 bits per heavy atom. The quantitative estimate of drug-likeness (QED) is 0.587. The van der Waals surface area contributed by atoms with Crippen LogP contribution in [0, 0.1) is 0 Å². The number of hydrogen-bond donors (Lipinski definition) is 2. The number of carbonyl (C=O) groups excluding carboxylic acids is 2. The summed E-state index contributed by atoms with van der Waals surface area (Å²) in [4.78, 5) is 33.8. The molecule has 3 heterocycles. The largest absolute Gasteiger partial charge is 0.459 e. The molecule has 8 nitrogen and oxygen atoms in total. The maximum Gasteiger partial charge on any atom is 0.293 e. The number of hydrogen-bond acceptors (Lipinski definition) is 7. The summed E-state index contributed by atoms with van der Waals surface area (Å²) in [6.45, 7) is 7.14. The monoisotopic (exact) mass is 439 g/mol. The van der Waals surface area contributed by atoms with Gasteiger partial charge in [-0.25, -0.2) is 4.98 Å².